The molecular formula is C10H8N3O3S-. The molecular weight excluding hydrogens is 242 g/mol. The molecule has 2 aromatic rings. The Morgan fingerprint density at radius 3 is 3.06 bits per heavy atom. The summed E-state index contributed by atoms with van der Waals surface area (Å²) in [6, 6.07) is 3.57. The van der Waals surface area contributed by atoms with Gasteiger partial charge in [-0.05, 0) is 18.6 Å². The third-order valence-corrected chi connectivity index (χ3v) is 2.67. The number of pyridine rings is 1. The van der Waals surface area contributed by atoms with Gasteiger partial charge in [-0.25, -0.2) is 0 Å². The van der Waals surface area contributed by atoms with Crippen molar-refractivity contribution in [2.75, 3.05) is 5.75 Å². The Balaban J connectivity index is 1.99. The number of nitrogens with zero attached hydrogens (tertiary/aromatic N) is 3. The smallest absolute Gasteiger partial charge is 0.276 e. The molecule has 0 saturated heterocycles. The van der Waals surface area contributed by atoms with Crippen LogP contribution >= 0.6 is 11.8 Å². The molecule has 0 fully saturated rings. The van der Waals surface area contributed by atoms with E-state index in [1.165, 1.54) is 11.8 Å². The number of thioether (sulfide) groups is 1. The Hall–Kier alpha value is -1.89. The minimum atomic E-state index is -1.09. The summed E-state index contributed by atoms with van der Waals surface area (Å²) in [6.45, 7) is 0. The molecule has 0 N–H and O–H groups in total. The van der Waals surface area contributed by atoms with Crippen LogP contribution in [0, 0.1) is 0 Å². The number of carboxylic acids is 1. The molecule has 2 heterocycles. The van der Waals surface area contributed by atoms with Gasteiger partial charge in [-0.15, -0.1) is 10.2 Å². The number of aromatic nitrogens is 3. The van der Waals surface area contributed by atoms with Crippen molar-refractivity contribution in [1.82, 2.24) is 15.2 Å². The lowest BCUT2D eigenvalue weighted by Crippen LogP contribution is -2.22. The van der Waals surface area contributed by atoms with Crippen LogP contribution in [0.3, 0.4) is 0 Å². The van der Waals surface area contributed by atoms with Crippen LogP contribution in [0.4, 0.5) is 0 Å². The summed E-state index contributed by atoms with van der Waals surface area (Å²) in [5, 5.41) is 18.2. The van der Waals surface area contributed by atoms with Gasteiger partial charge in [0.2, 0.25) is 5.89 Å². The Morgan fingerprint density at radius 1 is 1.47 bits per heavy atom. The summed E-state index contributed by atoms with van der Waals surface area (Å²) in [4.78, 5) is 14.2. The Morgan fingerprint density at radius 2 is 2.35 bits per heavy atom. The number of hydrogen-bond acceptors (Lipinski definition) is 7. The number of carbonyl (C=O) groups is 1. The highest BCUT2D eigenvalue weighted by atomic mass is 32.2. The minimum Gasteiger partial charge on any atom is -0.550 e. The number of hydrogen-bond donors (Lipinski definition) is 0. The predicted octanol–water partition coefficient (Wildman–Crippen LogP) is 0.364. The normalized spacial score (nSPS) is 10.4. The van der Waals surface area contributed by atoms with E-state index in [9.17, 15) is 9.90 Å². The number of rotatable bonds is 5. The molecule has 0 radical (unpaired) electrons. The maximum Gasteiger partial charge on any atom is 0.276 e. The van der Waals surface area contributed by atoms with E-state index < -0.39 is 5.97 Å². The first-order valence-electron chi connectivity index (χ1n) is 4.82. The second-order valence-electron chi connectivity index (χ2n) is 3.09. The maximum absolute atomic E-state index is 10.2. The zero-order chi connectivity index (χ0) is 12.1. The number of carboxylic acid groups (broad SMARTS) is 1. The molecule has 0 amide bonds. The highest BCUT2D eigenvalue weighted by Crippen LogP contribution is 2.22. The average Bonchev–Trinajstić information content (AvgIpc) is 2.78. The lowest BCUT2D eigenvalue weighted by atomic mass is 10.3. The fraction of sp³-hybridized carbons (Fsp3) is 0.200. The van der Waals surface area contributed by atoms with Crippen LogP contribution in [0.5, 0.6) is 0 Å². The molecule has 7 heteroatoms. The number of aliphatic carboxylic acids is 1. The lowest BCUT2D eigenvalue weighted by Gasteiger charge is -1.97. The summed E-state index contributed by atoms with van der Waals surface area (Å²) in [6.07, 6.45) is 3.22. The third kappa shape index (κ3) is 3.28. The molecule has 0 unspecified atom stereocenters. The van der Waals surface area contributed by atoms with Crippen LogP contribution in [-0.4, -0.2) is 26.9 Å². The molecule has 0 aliphatic carbocycles. The van der Waals surface area contributed by atoms with Crippen LogP contribution in [0.25, 0.3) is 11.5 Å². The van der Waals surface area contributed by atoms with Crippen LogP contribution in [-0.2, 0) is 4.79 Å². The van der Waals surface area contributed by atoms with Crippen molar-refractivity contribution >= 4 is 17.7 Å². The van der Waals surface area contributed by atoms with Crippen molar-refractivity contribution in [3.8, 4) is 11.5 Å². The maximum atomic E-state index is 10.2. The van der Waals surface area contributed by atoms with Crippen molar-refractivity contribution in [1.29, 1.82) is 0 Å². The zero-order valence-corrected chi connectivity index (χ0v) is 9.51. The van der Waals surface area contributed by atoms with E-state index >= 15 is 0 Å². The first-order valence-corrected chi connectivity index (χ1v) is 5.81. The highest BCUT2D eigenvalue weighted by Gasteiger charge is 2.08. The van der Waals surface area contributed by atoms with Crippen LogP contribution in [0.1, 0.15) is 6.42 Å². The largest absolute Gasteiger partial charge is 0.550 e. The van der Waals surface area contributed by atoms with E-state index in [1.807, 2.05) is 0 Å². The minimum absolute atomic E-state index is 0.0464. The van der Waals surface area contributed by atoms with Crippen molar-refractivity contribution in [3.63, 3.8) is 0 Å². The van der Waals surface area contributed by atoms with Crippen molar-refractivity contribution < 1.29 is 14.3 Å². The first-order chi connectivity index (χ1) is 8.25. The second kappa shape index (κ2) is 5.44. The summed E-state index contributed by atoms with van der Waals surface area (Å²) in [5.74, 6) is -0.379. The molecule has 17 heavy (non-hydrogen) atoms. The molecule has 0 spiro atoms. The standard InChI is InChI=1S/C10H9N3O3S/c14-8(15)3-5-17-10-13-12-9(16-10)7-2-1-4-11-6-7/h1-2,4,6H,3,5H2,(H,14,15)/p-1. The predicted molar refractivity (Wildman–Crippen MR) is 57.9 cm³/mol. The molecule has 0 atom stereocenters. The van der Waals surface area contributed by atoms with Gasteiger partial charge >= 0.3 is 0 Å². The van der Waals surface area contributed by atoms with Gasteiger partial charge < -0.3 is 14.3 Å². The SMILES string of the molecule is O=C([O-])CCSc1nnc(-c2cccnc2)o1. The van der Waals surface area contributed by atoms with Gasteiger partial charge in [0.05, 0.1) is 5.56 Å². The van der Waals surface area contributed by atoms with Gasteiger partial charge in [-0.3, -0.25) is 4.98 Å². The van der Waals surface area contributed by atoms with Crippen LogP contribution < -0.4 is 5.11 Å². The van der Waals surface area contributed by atoms with Gasteiger partial charge in [-0.1, -0.05) is 11.8 Å². The molecule has 6 nitrogen and oxygen atoms in total. The Labute approximate surface area is 101 Å². The summed E-state index contributed by atoms with van der Waals surface area (Å²) in [7, 11) is 0. The van der Waals surface area contributed by atoms with E-state index in [1.54, 1.807) is 24.5 Å². The van der Waals surface area contributed by atoms with Gasteiger partial charge in [0.1, 0.15) is 0 Å². The summed E-state index contributed by atoms with van der Waals surface area (Å²) < 4.78 is 5.34. The van der Waals surface area contributed by atoms with Gasteiger partial charge in [-0.2, -0.15) is 0 Å². The average molecular weight is 250 g/mol. The molecule has 2 aromatic heterocycles. The fourth-order valence-corrected chi connectivity index (χ4v) is 1.78. The van der Waals surface area contributed by atoms with Crippen LogP contribution in [0.15, 0.2) is 34.2 Å². The first kappa shape index (κ1) is 11.6. The van der Waals surface area contributed by atoms with E-state index in [-0.39, 0.29) is 6.42 Å². The monoisotopic (exact) mass is 250 g/mol. The summed E-state index contributed by atoms with van der Waals surface area (Å²) in [5.41, 5.74) is 0.728. The molecule has 0 bridgehead atoms. The third-order valence-electron chi connectivity index (χ3n) is 1.85. The zero-order valence-electron chi connectivity index (χ0n) is 8.70. The van der Waals surface area contributed by atoms with Gasteiger partial charge in [0, 0.05) is 24.1 Å². The van der Waals surface area contributed by atoms with E-state index in [4.69, 9.17) is 4.42 Å². The molecule has 0 saturated carbocycles. The van der Waals surface area contributed by atoms with Crippen molar-refractivity contribution in [2.45, 2.75) is 11.6 Å². The van der Waals surface area contributed by atoms with Crippen molar-refractivity contribution in [2.24, 2.45) is 0 Å². The quantitative estimate of drug-likeness (QED) is 0.707. The molecule has 0 aliphatic heterocycles. The molecule has 2 rings (SSSR count). The second-order valence-corrected chi connectivity index (χ2v) is 4.13. The lowest BCUT2D eigenvalue weighted by molar-refractivity contribution is -0.305. The number of carbonyl (C=O) groups excluding carboxylic acids is 1. The molecule has 0 aliphatic rings. The Kier molecular flexibility index (Phi) is 3.71. The molecule has 0 aromatic carbocycles. The molecule has 88 valence electrons. The Bertz CT molecular complexity index is 501. The van der Waals surface area contributed by atoms with E-state index in [0.29, 0.717) is 16.9 Å². The van der Waals surface area contributed by atoms with E-state index in [0.717, 1.165) is 5.56 Å². The topological polar surface area (TPSA) is 91.9 Å². The van der Waals surface area contributed by atoms with E-state index in [2.05, 4.69) is 15.2 Å². The fourth-order valence-electron chi connectivity index (χ4n) is 1.10. The van der Waals surface area contributed by atoms with Gasteiger partial charge in [0.25, 0.3) is 5.22 Å². The highest BCUT2D eigenvalue weighted by molar-refractivity contribution is 7.99. The van der Waals surface area contributed by atoms with Gasteiger partial charge in [0.15, 0.2) is 0 Å². The van der Waals surface area contributed by atoms with Crippen LogP contribution in [0.2, 0.25) is 0 Å². The summed E-state index contributed by atoms with van der Waals surface area (Å²) >= 11 is 1.18. The van der Waals surface area contributed by atoms with Crippen molar-refractivity contribution in [3.05, 3.63) is 24.5 Å².